The van der Waals surface area contributed by atoms with Crippen molar-refractivity contribution in [1.29, 1.82) is 0 Å². The van der Waals surface area contributed by atoms with Gasteiger partial charge in [0, 0.05) is 31.7 Å². The van der Waals surface area contributed by atoms with E-state index in [0.717, 1.165) is 23.0 Å². The highest BCUT2D eigenvalue weighted by Crippen LogP contribution is 2.36. The molecule has 2 aromatic heterocycles. The Balaban J connectivity index is 1.87. The molecule has 2 heterocycles. The zero-order valence-corrected chi connectivity index (χ0v) is 17.5. The number of hydrogen-bond acceptors (Lipinski definition) is 5. The molecule has 132 valence electrons. The Morgan fingerprint density at radius 3 is 2.50 bits per heavy atom. The summed E-state index contributed by atoms with van der Waals surface area (Å²) in [7, 11) is -1.34. The van der Waals surface area contributed by atoms with E-state index in [1.54, 1.807) is 35.1 Å². The van der Waals surface area contributed by atoms with E-state index in [4.69, 9.17) is 5.21 Å². The van der Waals surface area contributed by atoms with E-state index in [-0.39, 0.29) is 0 Å². The van der Waals surface area contributed by atoms with Gasteiger partial charge >= 0.3 is 0 Å². The van der Waals surface area contributed by atoms with Crippen LogP contribution in [0, 0.1) is 0 Å². The molecule has 0 aliphatic carbocycles. The van der Waals surface area contributed by atoms with Gasteiger partial charge in [-0.2, -0.15) is 0 Å². The molecule has 4 nitrogen and oxygen atoms in total. The van der Waals surface area contributed by atoms with Crippen LogP contribution in [0.15, 0.2) is 28.1 Å². The first-order chi connectivity index (χ1) is 11.4. The molecule has 1 amide bonds. The van der Waals surface area contributed by atoms with Gasteiger partial charge in [-0.1, -0.05) is 6.42 Å². The molecule has 2 atom stereocenters. The molecule has 0 aromatic carbocycles. The number of carbonyl (C=O) groups is 1. The first kappa shape index (κ1) is 19.8. The van der Waals surface area contributed by atoms with Crippen LogP contribution < -0.4 is 5.48 Å². The Hall–Kier alpha value is -0.540. The van der Waals surface area contributed by atoms with Crippen LogP contribution in [0.25, 0.3) is 9.75 Å². The van der Waals surface area contributed by atoms with Crippen molar-refractivity contribution in [1.82, 2.24) is 5.48 Å². The molecule has 0 spiro atoms. The second-order valence-corrected chi connectivity index (χ2v) is 11.1. The SMILES string of the molecule is CS(=O)C(C)(CCCCc1ccc(-c2ccc(Br)s2)s1)C(=O)NO. The van der Waals surface area contributed by atoms with Crippen molar-refractivity contribution < 1.29 is 14.2 Å². The minimum atomic E-state index is -1.34. The maximum atomic E-state index is 11.8. The highest BCUT2D eigenvalue weighted by Gasteiger charge is 2.36. The molecule has 0 saturated heterocycles. The van der Waals surface area contributed by atoms with Crippen molar-refractivity contribution >= 4 is 55.3 Å². The number of carbonyl (C=O) groups excluding carboxylic acids is 1. The third-order valence-corrected chi connectivity index (χ3v) is 8.64. The predicted octanol–water partition coefficient (Wildman–Crippen LogP) is 4.59. The monoisotopic (exact) mass is 449 g/mol. The van der Waals surface area contributed by atoms with Gasteiger partial charge < -0.3 is 0 Å². The summed E-state index contributed by atoms with van der Waals surface area (Å²) >= 11 is 6.99. The molecule has 2 rings (SSSR count). The summed E-state index contributed by atoms with van der Waals surface area (Å²) in [5, 5.41) is 8.83. The number of hydrogen-bond donors (Lipinski definition) is 2. The third-order valence-electron chi connectivity index (χ3n) is 4.02. The minimum absolute atomic E-state index is 0.485. The van der Waals surface area contributed by atoms with E-state index < -0.39 is 21.5 Å². The molecule has 0 fully saturated rings. The van der Waals surface area contributed by atoms with Crippen LogP contribution in [0.5, 0.6) is 0 Å². The van der Waals surface area contributed by atoms with Gasteiger partial charge in [0.15, 0.2) is 0 Å². The molecular weight excluding hydrogens is 430 g/mol. The lowest BCUT2D eigenvalue weighted by molar-refractivity contribution is -0.131. The van der Waals surface area contributed by atoms with Crippen molar-refractivity contribution in [3.05, 3.63) is 32.9 Å². The number of amides is 1. The van der Waals surface area contributed by atoms with Gasteiger partial charge in [0.2, 0.25) is 0 Å². The molecule has 2 N–H and O–H groups in total. The molecular formula is C16H20BrNO3S3. The summed E-state index contributed by atoms with van der Waals surface area (Å²) < 4.78 is 11.9. The Morgan fingerprint density at radius 2 is 1.92 bits per heavy atom. The maximum Gasteiger partial charge on any atom is 0.261 e. The van der Waals surface area contributed by atoms with Gasteiger partial charge in [0.1, 0.15) is 4.75 Å². The highest BCUT2D eigenvalue weighted by molar-refractivity contribution is 9.11. The largest absolute Gasteiger partial charge is 0.289 e. The van der Waals surface area contributed by atoms with Crippen LogP contribution in [-0.2, 0) is 22.0 Å². The maximum absolute atomic E-state index is 11.8. The number of unbranched alkanes of at least 4 members (excludes halogenated alkanes) is 1. The lowest BCUT2D eigenvalue weighted by atomic mass is 10.0. The van der Waals surface area contributed by atoms with Gasteiger partial charge in [0.25, 0.3) is 5.91 Å². The normalized spacial score (nSPS) is 15.0. The average molecular weight is 450 g/mol. The van der Waals surface area contributed by atoms with Crippen LogP contribution in [-0.4, -0.2) is 26.3 Å². The van der Waals surface area contributed by atoms with Gasteiger partial charge in [-0.3, -0.25) is 14.2 Å². The molecule has 2 aromatic rings. The van der Waals surface area contributed by atoms with Gasteiger partial charge in [-0.25, -0.2) is 5.48 Å². The molecule has 24 heavy (non-hydrogen) atoms. The van der Waals surface area contributed by atoms with Gasteiger partial charge in [-0.15, -0.1) is 22.7 Å². The smallest absolute Gasteiger partial charge is 0.261 e. The first-order valence-electron chi connectivity index (χ1n) is 7.49. The third kappa shape index (κ3) is 4.76. The van der Waals surface area contributed by atoms with Crippen molar-refractivity contribution in [3.8, 4) is 9.75 Å². The molecule has 0 radical (unpaired) electrons. The Kier molecular flexibility index (Phi) is 7.18. The second kappa shape index (κ2) is 8.71. The van der Waals surface area contributed by atoms with E-state index in [1.807, 2.05) is 0 Å². The number of rotatable bonds is 8. The predicted molar refractivity (Wildman–Crippen MR) is 105 cm³/mol. The van der Waals surface area contributed by atoms with Crippen molar-refractivity contribution in [2.75, 3.05) is 6.26 Å². The zero-order chi connectivity index (χ0) is 17.7. The molecule has 0 aliphatic rings. The first-order valence-corrected chi connectivity index (χ1v) is 11.5. The number of nitrogens with one attached hydrogen (secondary N) is 1. The van der Waals surface area contributed by atoms with E-state index in [2.05, 4.69) is 40.2 Å². The number of aryl methyl sites for hydroxylation is 1. The van der Waals surface area contributed by atoms with Gasteiger partial charge in [0.05, 0.1) is 3.79 Å². The van der Waals surface area contributed by atoms with E-state index >= 15 is 0 Å². The van der Waals surface area contributed by atoms with Gasteiger partial charge in [-0.05, 0) is 66.4 Å². The summed E-state index contributed by atoms with van der Waals surface area (Å²) in [6, 6.07) is 8.45. The Labute approximate surface area is 160 Å². The summed E-state index contributed by atoms with van der Waals surface area (Å²) in [5.41, 5.74) is 1.64. The van der Waals surface area contributed by atoms with E-state index in [0.29, 0.717) is 6.42 Å². The van der Waals surface area contributed by atoms with Crippen LogP contribution in [0.4, 0.5) is 0 Å². The van der Waals surface area contributed by atoms with Crippen LogP contribution in [0.1, 0.15) is 31.1 Å². The number of thiophene rings is 2. The summed E-state index contributed by atoms with van der Waals surface area (Å²) in [4.78, 5) is 15.6. The van der Waals surface area contributed by atoms with Crippen LogP contribution in [0.2, 0.25) is 0 Å². The van der Waals surface area contributed by atoms with E-state index in [9.17, 15) is 9.00 Å². The topological polar surface area (TPSA) is 66.4 Å². The molecule has 0 aliphatic heterocycles. The van der Waals surface area contributed by atoms with Crippen LogP contribution >= 0.6 is 38.6 Å². The van der Waals surface area contributed by atoms with Crippen LogP contribution in [0.3, 0.4) is 0 Å². The van der Waals surface area contributed by atoms with Crippen molar-refractivity contribution in [3.63, 3.8) is 0 Å². The Bertz CT molecular complexity index is 728. The Morgan fingerprint density at radius 1 is 1.25 bits per heavy atom. The summed E-state index contributed by atoms with van der Waals surface area (Å²) in [5.74, 6) is -0.579. The van der Waals surface area contributed by atoms with E-state index in [1.165, 1.54) is 20.9 Å². The van der Waals surface area contributed by atoms with Crippen molar-refractivity contribution in [2.45, 2.75) is 37.4 Å². The van der Waals surface area contributed by atoms with Crippen molar-refractivity contribution in [2.24, 2.45) is 0 Å². The molecule has 0 bridgehead atoms. The summed E-state index contributed by atoms with van der Waals surface area (Å²) in [6.45, 7) is 1.63. The second-order valence-electron chi connectivity index (χ2n) is 5.70. The average Bonchev–Trinajstić information content (AvgIpc) is 3.19. The lowest BCUT2D eigenvalue weighted by Crippen LogP contribution is -2.46. The molecule has 2 unspecified atom stereocenters. The fraction of sp³-hybridized carbons (Fsp3) is 0.438. The number of halogens is 1. The number of hydroxylamine groups is 1. The highest BCUT2D eigenvalue weighted by atomic mass is 79.9. The fourth-order valence-electron chi connectivity index (χ4n) is 2.36. The standard InChI is InChI=1S/C16H20BrNO3S3/c1-16(24(2)21,15(19)18-20)10-4-3-5-11-6-7-12(22-11)13-8-9-14(17)23-13/h6-9,20H,3-5,10H2,1-2H3,(H,18,19). The minimum Gasteiger partial charge on any atom is -0.289 e. The lowest BCUT2D eigenvalue weighted by Gasteiger charge is -2.24. The quantitative estimate of drug-likeness (QED) is 0.351. The fourth-order valence-corrected chi connectivity index (χ4v) is 5.62. The molecule has 8 heteroatoms. The summed E-state index contributed by atoms with van der Waals surface area (Å²) in [6.07, 6.45) is 4.61. The molecule has 0 saturated carbocycles. The zero-order valence-electron chi connectivity index (χ0n) is 13.5.